The van der Waals surface area contributed by atoms with Crippen LogP contribution in [0.2, 0.25) is 0 Å². The van der Waals surface area contributed by atoms with Gasteiger partial charge >= 0.3 is 0 Å². The molecule has 0 aliphatic carbocycles. The lowest BCUT2D eigenvalue weighted by Gasteiger charge is -2.20. The van der Waals surface area contributed by atoms with Crippen LogP contribution in [-0.4, -0.2) is 23.5 Å². The summed E-state index contributed by atoms with van der Waals surface area (Å²) in [7, 11) is 0. The summed E-state index contributed by atoms with van der Waals surface area (Å²) in [6.07, 6.45) is 2.06. The zero-order chi connectivity index (χ0) is 20.9. The van der Waals surface area contributed by atoms with Crippen LogP contribution in [0.5, 0.6) is 0 Å². The Labute approximate surface area is 179 Å². The van der Waals surface area contributed by atoms with Crippen LogP contribution in [0.4, 0.5) is 5.69 Å². The van der Waals surface area contributed by atoms with Crippen LogP contribution in [-0.2, 0) is 4.79 Å². The number of aromatic amines is 1. The van der Waals surface area contributed by atoms with Crippen molar-refractivity contribution in [1.82, 2.24) is 10.3 Å². The number of H-pyrrole nitrogens is 1. The second-order valence-electron chi connectivity index (χ2n) is 7.13. The third kappa shape index (κ3) is 4.13. The van der Waals surface area contributed by atoms with Gasteiger partial charge in [0.2, 0.25) is 5.91 Å². The molecule has 150 valence electrons. The van der Waals surface area contributed by atoms with E-state index in [1.54, 1.807) is 35.6 Å². The number of fused-ring (bicyclic) bond motifs is 1. The molecule has 0 saturated heterocycles. The highest BCUT2D eigenvalue weighted by molar-refractivity contribution is 7.10. The van der Waals surface area contributed by atoms with E-state index in [4.69, 9.17) is 0 Å². The van der Waals surface area contributed by atoms with E-state index in [1.165, 1.54) is 15.8 Å². The van der Waals surface area contributed by atoms with Crippen molar-refractivity contribution in [3.63, 3.8) is 0 Å². The minimum absolute atomic E-state index is 0.128. The summed E-state index contributed by atoms with van der Waals surface area (Å²) in [6, 6.07) is 21.1. The summed E-state index contributed by atoms with van der Waals surface area (Å²) in [5.41, 5.74) is 3.30. The van der Waals surface area contributed by atoms with Crippen molar-refractivity contribution in [2.24, 2.45) is 0 Å². The molecule has 2 atom stereocenters. The van der Waals surface area contributed by atoms with Crippen LogP contribution < -0.4 is 10.6 Å². The van der Waals surface area contributed by atoms with E-state index in [1.807, 2.05) is 19.1 Å². The predicted octanol–water partition coefficient (Wildman–Crippen LogP) is 4.85. The fraction of sp³-hybridized carbons (Fsp3) is 0.167. The van der Waals surface area contributed by atoms with E-state index >= 15 is 0 Å². The Bertz CT molecular complexity index is 1190. The van der Waals surface area contributed by atoms with E-state index in [2.05, 4.69) is 57.5 Å². The number of carbonyl (C=O) groups excluding carboxylic acids is 1. The average molecular weight is 415 g/mol. The van der Waals surface area contributed by atoms with E-state index in [-0.39, 0.29) is 11.8 Å². The first-order valence-corrected chi connectivity index (χ1v) is 10.7. The number of anilines is 1. The summed E-state index contributed by atoms with van der Waals surface area (Å²) in [5, 5.41) is 18.7. The van der Waals surface area contributed by atoms with Gasteiger partial charge in [-0.05, 0) is 42.1 Å². The minimum atomic E-state index is -0.413. The zero-order valence-electron chi connectivity index (χ0n) is 16.6. The molecule has 0 spiro atoms. The lowest BCUT2D eigenvalue weighted by molar-refractivity contribution is -0.117. The number of carbonyl (C=O) groups is 1. The number of amides is 1. The molecule has 0 bridgehead atoms. The van der Waals surface area contributed by atoms with Crippen molar-refractivity contribution < 1.29 is 4.79 Å². The number of hydrogen-bond donors (Lipinski definition) is 3. The number of aromatic nitrogens is 1. The van der Waals surface area contributed by atoms with Crippen molar-refractivity contribution in [2.45, 2.75) is 18.9 Å². The Morgan fingerprint density at radius 2 is 1.93 bits per heavy atom. The first kappa shape index (κ1) is 19.9. The molecule has 4 aromatic rings. The zero-order valence-corrected chi connectivity index (χ0v) is 17.4. The molecule has 0 aliphatic heterocycles. The molecule has 0 aliphatic rings. The van der Waals surface area contributed by atoms with Gasteiger partial charge in [0.05, 0.1) is 17.3 Å². The third-order valence-electron chi connectivity index (χ3n) is 5.21. The fourth-order valence-corrected chi connectivity index (χ4v) is 4.40. The lowest BCUT2D eigenvalue weighted by atomic mass is 9.96. The van der Waals surface area contributed by atoms with Gasteiger partial charge in [-0.1, -0.05) is 36.4 Å². The van der Waals surface area contributed by atoms with Gasteiger partial charge in [-0.2, -0.15) is 5.26 Å². The number of para-hydroxylation sites is 2. The smallest absolute Gasteiger partial charge is 0.241 e. The van der Waals surface area contributed by atoms with Gasteiger partial charge in [-0.25, -0.2) is 0 Å². The van der Waals surface area contributed by atoms with Gasteiger partial charge in [0, 0.05) is 34.4 Å². The fourth-order valence-electron chi connectivity index (χ4n) is 3.55. The highest BCUT2D eigenvalue weighted by Crippen LogP contribution is 2.32. The molecule has 0 saturated carbocycles. The molecule has 30 heavy (non-hydrogen) atoms. The molecule has 2 heterocycles. The Hall–Kier alpha value is -3.40. The van der Waals surface area contributed by atoms with Crippen molar-refractivity contribution in [3.8, 4) is 6.07 Å². The van der Waals surface area contributed by atoms with Gasteiger partial charge in [-0.3, -0.25) is 4.79 Å². The Morgan fingerprint density at radius 3 is 2.73 bits per heavy atom. The van der Waals surface area contributed by atoms with Crippen LogP contribution in [0.1, 0.15) is 28.8 Å². The quantitative estimate of drug-likeness (QED) is 0.404. The summed E-state index contributed by atoms with van der Waals surface area (Å²) in [4.78, 5) is 17.3. The molecule has 2 aromatic heterocycles. The molecule has 6 heteroatoms. The highest BCUT2D eigenvalue weighted by Gasteiger charge is 2.22. The second-order valence-corrected chi connectivity index (χ2v) is 8.11. The minimum Gasteiger partial charge on any atom is -0.361 e. The van der Waals surface area contributed by atoms with Gasteiger partial charge in [-0.15, -0.1) is 11.3 Å². The lowest BCUT2D eigenvalue weighted by Crippen LogP contribution is -2.40. The van der Waals surface area contributed by atoms with Gasteiger partial charge in [0.25, 0.3) is 0 Å². The number of benzene rings is 2. The van der Waals surface area contributed by atoms with Crippen LogP contribution >= 0.6 is 11.3 Å². The standard InChI is InChI=1S/C24H22N4OS/c1-16(24(29)28-21-9-4-2-7-17(21)13-25)26-15-20(23-11-6-12-30-23)19-14-27-22-10-5-3-8-18(19)22/h2-12,14,16,20,26-27H,15H2,1H3,(H,28,29)/t16-,20-/m1/s1. The Balaban J connectivity index is 1.50. The number of rotatable bonds is 7. The Kier molecular flexibility index (Phi) is 5.94. The topological polar surface area (TPSA) is 80.7 Å². The highest BCUT2D eigenvalue weighted by atomic mass is 32.1. The molecule has 0 unspecified atom stereocenters. The monoisotopic (exact) mass is 414 g/mol. The van der Waals surface area contributed by atoms with Gasteiger partial charge in [0.1, 0.15) is 6.07 Å². The first-order valence-electron chi connectivity index (χ1n) is 9.80. The number of nitrogens with zero attached hydrogens (tertiary/aromatic N) is 1. The SMILES string of the molecule is C[C@@H](NC[C@@H](c1cccs1)c1c[nH]c2ccccc12)C(=O)Nc1ccccc1C#N. The maximum absolute atomic E-state index is 12.7. The number of thiophene rings is 1. The molecule has 3 N–H and O–H groups in total. The van der Waals surface area contributed by atoms with Crippen molar-refractivity contribution >= 4 is 33.8 Å². The van der Waals surface area contributed by atoms with E-state index in [9.17, 15) is 10.1 Å². The average Bonchev–Trinajstić information content (AvgIpc) is 3.45. The van der Waals surface area contributed by atoms with Crippen LogP contribution in [0, 0.1) is 11.3 Å². The molecule has 5 nitrogen and oxygen atoms in total. The van der Waals surface area contributed by atoms with Crippen LogP contribution in [0.15, 0.2) is 72.2 Å². The molecule has 1 amide bonds. The maximum atomic E-state index is 12.7. The largest absolute Gasteiger partial charge is 0.361 e. The number of nitrogens with one attached hydrogen (secondary N) is 3. The van der Waals surface area contributed by atoms with Crippen LogP contribution in [0.3, 0.4) is 0 Å². The molecule has 0 radical (unpaired) electrons. The molecular weight excluding hydrogens is 392 g/mol. The summed E-state index contributed by atoms with van der Waals surface area (Å²) >= 11 is 1.71. The van der Waals surface area contributed by atoms with E-state index < -0.39 is 6.04 Å². The van der Waals surface area contributed by atoms with Crippen LogP contribution in [0.25, 0.3) is 10.9 Å². The number of nitriles is 1. The second kappa shape index (κ2) is 8.95. The van der Waals surface area contributed by atoms with Crippen molar-refractivity contribution in [1.29, 1.82) is 5.26 Å². The normalized spacial score (nSPS) is 12.9. The van der Waals surface area contributed by atoms with Gasteiger partial charge in [0.15, 0.2) is 0 Å². The van der Waals surface area contributed by atoms with Gasteiger partial charge < -0.3 is 15.6 Å². The third-order valence-corrected chi connectivity index (χ3v) is 6.20. The molecule has 4 rings (SSSR count). The maximum Gasteiger partial charge on any atom is 0.241 e. The molecule has 0 fully saturated rings. The molecular formula is C24H22N4OS. The summed E-state index contributed by atoms with van der Waals surface area (Å²) in [6.45, 7) is 2.46. The van der Waals surface area contributed by atoms with E-state index in [0.29, 0.717) is 17.8 Å². The van der Waals surface area contributed by atoms with E-state index in [0.717, 1.165) is 5.52 Å². The molecule has 2 aromatic carbocycles. The summed E-state index contributed by atoms with van der Waals surface area (Å²) < 4.78 is 0. The predicted molar refractivity (Wildman–Crippen MR) is 122 cm³/mol. The van der Waals surface area contributed by atoms with Crippen molar-refractivity contribution in [2.75, 3.05) is 11.9 Å². The van der Waals surface area contributed by atoms with Crippen molar-refractivity contribution in [3.05, 3.63) is 88.2 Å². The first-order chi connectivity index (χ1) is 14.7. The number of hydrogen-bond acceptors (Lipinski definition) is 4. The Morgan fingerprint density at radius 1 is 1.13 bits per heavy atom. The summed E-state index contributed by atoms with van der Waals surface area (Å²) in [5.74, 6) is -0.0376.